The first-order valence-electron chi connectivity index (χ1n) is 22.2. The van der Waals surface area contributed by atoms with E-state index in [0.29, 0.717) is 51.4 Å². The summed E-state index contributed by atoms with van der Waals surface area (Å²) < 4.78 is 24.8. The van der Waals surface area contributed by atoms with Crippen molar-refractivity contribution in [3.05, 3.63) is 0 Å². The van der Waals surface area contributed by atoms with Crippen LogP contribution in [-0.4, -0.2) is 137 Å². The average Bonchev–Trinajstić information content (AvgIpc) is 3.04. The zero-order valence-corrected chi connectivity index (χ0v) is 40.5. The number of piperidine rings is 4. The van der Waals surface area contributed by atoms with Gasteiger partial charge in [0.2, 0.25) is 0 Å². The van der Waals surface area contributed by atoms with Gasteiger partial charge in [-0.05, 0) is 125 Å². The summed E-state index contributed by atoms with van der Waals surface area (Å²) in [6.07, 6.45) is 0.146. The molecule has 0 bridgehead atoms. The number of carbonyl (C=O) groups is 4. The van der Waals surface area contributed by atoms with E-state index in [-0.39, 0.29) is 22.2 Å². The summed E-state index contributed by atoms with van der Waals surface area (Å²) in [4.78, 5) is 62.4. The molecule has 4 saturated heterocycles. The van der Waals surface area contributed by atoms with Crippen LogP contribution in [0.15, 0.2) is 0 Å². The molecule has 0 spiro atoms. The fourth-order valence-corrected chi connectivity index (χ4v) is 11.4. The lowest BCUT2D eigenvalue weighted by molar-refractivity contribution is -0.260. The minimum Gasteiger partial charge on any atom is -0.462 e. The van der Waals surface area contributed by atoms with Gasteiger partial charge in [0.1, 0.15) is 24.4 Å². The number of hydrogen-bond acceptors (Lipinski definition) is 14. The highest BCUT2D eigenvalue weighted by Crippen LogP contribution is 2.43. The number of carbonyl (C=O) groups excluding carboxylic acids is 4. The Balaban J connectivity index is 1.72. The Morgan fingerprint density at radius 1 is 0.417 bits per heavy atom. The lowest BCUT2D eigenvalue weighted by atomic mass is 9.78. The molecule has 4 fully saturated rings. The van der Waals surface area contributed by atoms with Gasteiger partial charge in [-0.15, -0.1) is 0 Å². The van der Waals surface area contributed by atoms with E-state index in [1.807, 2.05) is 55.4 Å². The van der Waals surface area contributed by atoms with Crippen molar-refractivity contribution >= 4 is 23.9 Å². The second-order valence-electron chi connectivity index (χ2n) is 23.8. The number of likely N-dealkylation sites (tertiary alicyclic amines) is 2. The lowest BCUT2D eigenvalue weighted by Crippen LogP contribution is -2.61. The van der Waals surface area contributed by atoms with E-state index < -0.39 is 95.1 Å². The molecule has 0 aliphatic carbocycles. The highest BCUT2D eigenvalue weighted by molar-refractivity contribution is 5.88. The Hall–Kier alpha value is -2.36. The van der Waals surface area contributed by atoms with Crippen molar-refractivity contribution in [3.63, 3.8) is 0 Å². The van der Waals surface area contributed by atoms with Crippen LogP contribution < -0.4 is 0 Å². The van der Waals surface area contributed by atoms with Crippen molar-refractivity contribution in [1.82, 2.24) is 19.9 Å². The molecule has 346 valence electrons. The molecule has 0 aromatic rings. The van der Waals surface area contributed by atoms with E-state index in [9.17, 15) is 29.6 Å². The molecule has 4 aliphatic rings. The zero-order chi connectivity index (χ0) is 46.0. The molecule has 4 aliphatic heterocycles. The van der Waals surface area contributed by atoms with Crippen LogP contribution in [0.1, 0.15) is 175 Å². The predicted molar refractivity (Wildman–Crippen MR) is 228 cm³/mol. The Bertz CT molecular complexity index is 1410. The van der Waals surface area contributed by atoms with Crippen LogP contribution in [0.4, 0.5) is 0 Å². The summed E-state index contributed by atoms with van der Waals surface area (Å²) in [6.45, 7) is 31.7. The molecule has 14 nitrogen and oxygen atoms in total. The lowest BCUT2D eigenvalue weighted by Gasteiger charge is -2.53. The second-order valence-corrected chi connectivity index (χ2v) is 23.8. The molecule has 4 rings (SSSR count). The first-order valence-corrected chi connectivity index (χ1v) is 22.2. The smallest absolute Gasteiger partial charge is 0.310 e. The normalized spacial score (nSPS) is 28.3. The number of nitrogens with zero attached hydrogens (tertiary/aromatic N) is 4. The number of hydrogen-bond donors (Lipinski definition) is 2. The highest BCUT2D eigenvalue weighted by Gasteiger charge is 2.52. The van der Waals surface area contributed by atoms with Crippen LogP contribution in [-0.2, 0) is 38.1 Å². The summed E-state index contributed by atoms with van der Waals surface area (Å²) in [5, 5.41) is 24.5. The molecule has 0 amide bonds. The summed E-state index contributed by atoms with van der Waals surface area (Å²) in [5.74, 6) is -5.86. The largest absolute Gasteiger partial charge is 0.462 e. The maximum absolute atomic E-state index is 14.8. The van der Waals surface area contributed by atoms with Crippen molar-refractivity contribution in [2.24, 2.45) is 11.8 Å². The van der Waals surface area contributed by atoms with Gasteiger partial charge in [0, 0.05) is 95.7 Å². The molecule has 2 unspecified atom stereocenters. The maximum atomic E-state index is 14.8. The molecular weight excluding hydrogens is 769 g/mol. The van der Waals surface area contributed by atoms with Crippen molar-refractivity contribution < 1.29 is 48.5 Å². The van der Waals surface area contributed by atoms with Gasteiger partial charge in [0.15, 0.2) is 0 Å². The van der Waals surface area contributed by atoms with Crippen LogP contribution in [0.3, 0.4) is 0 Å². The monoisotopic (exact) mass is 851 g/mol. The Morgan fingerprint density at radius 3 is 0.850 bits per heavy atom. The van der Waals surface area contributed by atoms with Gasteiger partial charge < -0.3 is 29.4 Å². The third-order valence-corrected chi connectivity index (χ3v) is 14.8. The topological polar surface area (TPSA) is 159 Å². The fourth-order valence-electron chi connectivity index (χ4n) is 11.4. The standard InChI is InChI=1S/C46H82N4O10/c1-39(2)21-29(22-40(3,4)47(39)17)57-35(51)19-34(38(54)60-32-27-45(13,14)50(56)46(15,16)28-32)33(37(53)59-31-23-41(5,6)48(18)42(7,8)24-31)20-36(52)58-30-25-43(9,10)49(55)44(11,12)26-30/h29-34,55-56H,19-28H2,1-18H3. The molecule has 14 heteroatoms. The minimum atomic E-state index is -1.44. The molecule has 0 saturated carbocycles. The van der Waals surface area contributed by atoms with Gasteiger partial charge in [-0.1, -0.05) is 0 Å². The van der Waals surface area contributed by atoms with Gasteiger partial charge in [-0.2, -0.15) is 10.1 Å². The van der Waals surface area contributed by atoms with E-state index >= 15 is 0 Å². The minimum absolute atomic E-state index is 0.284. The van der Waals surface area contributed by atoms with Gasteiger partial charge in [0.25, 0.3) is 0 Å². The Kier molecular flexibility index (Phi) is 14.2. The molecule has 0 radical (unpaired) electrons. The summed E-state index contributed by atoms with van der Waals surface area (Å²) >= 11 is 0. The first-order chi connectivity index (χ1) is 26.9. The third-order valence-electron chi connectivity index (χ3n) is 14.8. The van der Waals surface area contributed by atoms with Gasteiger partial charge in [-0.3, -0.25) is 29.0 Å². The van der Waals surface area contributed by atoms with Gasteiger partial charge in [-0.25, -0.2) is 0 Å². The third kappa shape index (κ3) is 11.2. The first kappa shape index (κ1) is 50.3. The summed E-state index contributed by atoms with van der Waals surface area (Å²) in [6, 6.07) is 0. The van der Waals surface area contributed by atoms with E-state index in [1.54, 1.807) is 0 Å². The van der Waals surface area contributed by atoms with Crippen LogP contribution in [0.2, 0.25) is 0 Å². The van der Waals surface area contributed by atoms with E-state index in [1.165, 1.54) is 10.1 Å². The van der Waals surface area contributed by atoms with Gasteiger partial charge in [0.05, 0.1) is 24.7 Å². The molecule has 2 atom stereocenters. The maximum Gasteiger partial charge on any atom is 0.310 e. The number of esters is 4. The van der Waals surface area contributed by atoms with Crippen LogP contribution >= 0.6 is 0 Å². The SMILES string of the molecule is CN1C(C)(C)CC(OC(=O)CC(C(=O)OC2CC(C)(C)N(O)C(C)(C)C2)C(CC(=O)OC2CC(C)(C)N(O)C(C)(C)C2)C(=O)OC2CC(C)(C)N(C)C(C)(C)C2)CC1(C)C. The zero-order valence-electron chi connectivity index (χ0n) is 40.5. The molecule has 2 N–H and O–H groups in total. The summed E-state index contributed by atoms with van der Waals surface area (Å²) in [7, 11) is 4.11. The molecule has 0 aromatic heterocycles. The van der Waals surface area contributed by atoms with E-state index in [2.05, 4.69) is 79.3 Å². The van der Waals surface area contributed by atoms with Gasteiger partial charge >= 0.3 is 23.9 Å². The van der Waals surface area contributed by atoms with Crippen molar-refractivity contribution in [2.75, 3.05) is 14.1 Å². The number of ether oxygens (including phenoxy) is 4. The fraction of sp³-hybridized carbons (Fsp3) is 0.913. The Morgan fingerprint density at radius 2 is 0.617 bits per heavy atom. The van der Waals surface area contributed by atoms with Crippen molar-refractivity contribution in [3.8, 4) is 0 Å². The molecule has 0 aromatic carbocycles. The predicted octanol–water partition coefficient (Wildman–Crippen LogP) is 7.30. The highest BCUT2D eigenvalue weighted by atomic mass is 16.6. The molecular formula is C46H82N4O10. The van der Waals surface area contributed by atoms with E-state index in [4.69, 9.17) is 18.9 Å². The van der Waals surface area contributed by atoms with Crippen molar-refractivity contribution in [2.45, 2.75) is 244 Å². The van der Waals surface area contributed by atoms with Crippen LogP contribution in [0.25, 0.3) is 0 Å². The Labute approximate surface area is 361 Å². The van der Waals surface area contributed by atoms with Crippen LogP contribution in [0.5, 0.6) is 0 Å². The molecule has 4 heterocycles. The number of hydroxylamine groups is 4. The van der Waals surface area contributed by atoms with Crippen molar-refractivity contribution in [1.29, 1.82) is 0 Å². The number of rotatable bonds is 11. The summed E-state index contributed by atoms with van der Waals surface area (Å²) in [5.41, 5.74) is -4.16. The van der Waals surface area contributed by atoms with Crippen LogP contribution in [0, 0.1) is 11.8 Å². The molecule has 60 heavy (non-hydrogen) atoms. The second kappa shape index (κ2) is 17.0. The average molecular weight is 851 g/mol. The quantitative estimate of drug-likeness (QED) is 0.158. The van der Waals surface area contributed by atoms with E-state index in [0.717, 1.165) is 0 Å².